The van der Waals surface area contributed by atoms with Crippen LogP contribution in [0.15, 0.2) is 60.9 Å². The molecule has 2 atom stereocenters. The number of rotatable bonds is 14. The number of hydrogen-bond acceptors (Lipinski definition) is 11. The van der Waals surface area contributed by atoms with E-state index in [0.717, 1.165) is 45.4 Å². The summed E-state index contributed by atoms with van der Waals surface area (Å²) in [4.78, 5) is 58.6. The minimum atomic E-state index is -0.372. The van der Waals surface area contributed by atoms with E-state index < -0.39 is 0 Å². The maximum absolute atomic E-state index is 13.5. The highest BCUT2D eigenvalue weighted by Crippen LogP contribution is 2.33. The van der Waals surface area contributed by atoms with Crippen LogP contribution in [0, 0.1) is 19.8 Å². The molecule has 2 aromatic carbocycles. The Balaban J connectivity index is 1.13. The van der Waals surface area contributed by atoms with E-state index in [-0.39, 0.29) is 47.7 Å². The first kappa shape index (κ1) is 36.2. The Labute approximate surface area is 302 Å². The van der Waals surface area contributed by atoms with Gasteiger partial charge in [-0.2, -0.15) is 0 Å². The molecule has 2 saturated heterocycles. The fourth-order valence-electron chi connectivity index (χ4n) is 6.59. The van der Waals surface area contributed by atoms with Crippen LogP contribution in [0.2, 0.25) is 0 Å². The number of nitrogens with zero attached hydrogens (tertiary/aromatic N) is 2. The Bertz CT molecular complexity index is 1870. The second-order valence-electron chi connectivity index (χ2n) is 13.1. The number of cyclic esters (lactones) is 2. The average Bonchev–Trinajstić information content (AvgIpc) is 3.78. The van der Waals surface area contributed by atoms with Crippen LogP contribution < -0.4 is 20.1 Å². The molecule has 12 nitrogen and oxygen atoms in total. The Morgan fingerprint density at radius 3 is 2.17 bits per heavy atom. The number of ketones is 1. The van der Waals surface area contributed by atoms with Gasteiger partial charge in [-0.15, -0.1) is 0 Å². The minimum absolute atomic E-state index is 0.0727. The number of esters is 2. The molecule has 0 unspecified atom stereocenters. The lowest BCUT2D eigenvalue weighted by molar-refractivity contribution is -0.138. The molecule has 2 fully saturated rings. The van der Waals surface area contributed by atoms with Gasteiger partial charge in [0.2, 0.25) is 0 Å². The van der Waals surface area contributed by atoms with Crippen molar-refractivity contribution in [1.29, 1.82) is 0 Å². The van der Waals surface area contributed by atoms with E-state index in [0.29, 0.717) is 61.9 Å². The Kier molecular flexibility index (Phi) is 11.2. The number of methoxy groups -OCH3 is 2. The minimum Gasteiger partial charge on any atom is -0.496 e. The van der Waals surface area contributed by atoms with Crippen molar-refractivity contribution in [3.8, 4) is 22.6 Å². The van der Waals surface area contributed by atoms with E-state index in [9.17, 15) is 19.2 Å². The molecule has 52 heavy (non-hydrogen) atoms. The number of amides is 1. The number of hydrogen-bond donors (Lipinski definition) is 2. The Morgan fingerprint density at radius 2 is 1.46 bits per heavy atom. The van der Waals surface area contributed by atoms with Crippen LogP contribution in [0.5, 0.6) is 11.5 Å². The number of carbonyl (C=O) groups is 4. The predicted molar refractivity (Wildman–Crippen MR) is 193 cm³/mol. The maximum Gasteiger partial charge on any atom is 0.307 e. The lowest BCUT2D eigenvalue weighted by Crippen LogP contribution is -2.29. The summed E-state index contributed by atoms with van der Waals surface area (Å²) in [5, 5.41) is 6.28. The van der Waals surface area contributed by atoms with Crippen LogP contribution >= 0.6 is 0 Å². The van der Waals surface area contributed by atoms with E-state index in [1.807, 2.05) is 50.2 Å². The molecule has 12 heteroatoms. The molecule has 2 aliphatic heterocycles. The molecule has 0 spiro atoms. The summed E-state index contributed by atoms with van der Waals surface area (Å²) >= 11 is 0. The van der Waals surface area contributed by atoms with Gasteiger partial charge >= 0.3 is 11.9 Å². The summed E-state index contributed by atoms with van der Waals surface area (Å²) in [5.74, 6) is 0.350. The van der Waals surface area contributed by atoms with Crippen LogP contribution in [-0.4, -0.2) is 67.1 Å². The summed E-state index contributed by atoms with van der Waals surface area (Å²) in [6, 6.07) is 14.8. The number of aromatic nitrogens is 2. The topological polar surface area (TPSA) is 155 Å². The van der Waals surface area contributed by atoms with E-state index in [1.165, 1.54) is 0 Å². The zero-order valence-corrected chi connectivity index (χ0v) is 29.7. The number of nitrogens with one attached hydrogen (secondary N) is 2. The van der Waals surface area contributed by atoms with Gasteiger partial charge in [-0.1, -0.05) is 30.3 Å². The standard InChI is InChI=1S/C40H42N4O8/c1-23-26(14-35(45)33-16-37(50-4)28(20-42-33)19-41-29-15-39(47)52-22-29)7-5-8-30(23)31-9-6-10-32(24(31)2)44-40(48)34-17-36(49-3)27(18-43-34)12-11-25-13-38(46)51-21-25/h5-10,16-18,20,25,29,41H,11-15,19,21-22H2,1-4H3,(H,44,48)/t25-,29-/m1/s1. The van der Waals surface area contributed by atoms with Crippen molar-refractivity contribution < 1.29 is 38.1 Å². The highest BCUT2D eigenvalue weighted by molar-refractivity contribution is 6.04. The summed E-state index contributed by atoms with van der Waals surface area (Å²) in [7, 11) is 3.10. The molecule has 2 aliphatic rings. The van der Waals surface area contributed by atoms with Crippen molar-refractivity contribution in [1.82, 2.24) is 15.3 Å². The highest BCUT2D eigenvalue weighted by atomic mass is 16.5. The molecule has 270 valence electrons. The third kappa shape index (κ3) is 8.29. The molecule has 0 aliphatic carbocycles. The SMILES string of the molecule is COc1cc(C(=O)Nc2cccc(-c3cccc(CC(=O)c4cc(OC)c(CN[C@H]5COC(=O)C5)cn4)c3C)c2C)ncc1CC[C@H]1COC(=O)C1. The van der Waals surface area contributed by atoms with Gasteiger partial charge in [-0.05, 0) is 60.6 Å². The molecular weight excluding hydrogens is 664 g/mol. The van der Waals surface area contributed by atoms with Gasteiger partial charge in [-0.3, -0.25) is 29.1 Å². The van der Waals surface area contributed by atoms with Gasteiger partial charge < -0.3 is 29.6 Å². The van der Waals surface area contributed by atoms with E-state index in [4.69, 9.17) is 18.9 Å². The summed E-state index contributed by atoms with van der Waals surface area (Å²) in [6.45, 7) is 5.11. The molecule has 4 heterocycles. The molecule has 0 saturated carbocycles. The van der Waals surface area contributed by atoms with E-state index >= 15 is 0 Å². The number of aryl methyl sites for hydroxylation is 1. The van der Waals surface area contributed by atoms with Crippen LogP contribution in [0.4, 0.5) is 5.69 Å². The highest BCUT2D eigenvalue weighted by Gasteiger charge is 2.25. The monoisotopic (exact) mass is 706 g/mol. The number of anilines is 1. The first-order valence-electron chi connectivity index (χ1n) is 17.3. The zero-order chi connectivity index (χ0) is 36.8. The van der Waals surface area contributed by atoms with Gasteiger partial charge in [-0.25, -0.2) is 0 Å². The van der Waals surface area contributed by atoms with E-state index in [1.54, 1.807) is 38.7 Å². The summed E-state index contributed by atoms with van der Waals surface area (Å²) in [6.07, 6.45) is 5.56. The third-order valence-electron chi connectivity index (χ3n) is 9.71. The Hall–Kier alpha value is -5.62. The molecule has 2 aromatic heterocycles. The van der Waals surface area contributed by atoms with E-state index in [2.05, 4.69) is 20.6 Å². The van der Waals surface area contributed by atoms with Gasteiger partial charge in [0.15, 0.2) is 5.78 Å². The molecule has 2 N–H and O–H groups in total. The van der Waals surface area contributed by atoms with Crippen molar-refractivity contribution in [3.63, 3.8) is 0 Å². The first-order valence-corrected chi connectivity index (χ1v) is 17.3. The van der Waals surface area contributed by atoms with Gasteiger partial charge in [0.25, 0.3) is 5.91 Å². The zero-order valence-electron chi connectivity index (χ0n) is 29.7. The average molecular weight is 707 g/mol. The Morgan fingerprint density at radius 1 is 0.808 bits per heavy atom. The third-order valence-corrected chi connectivity index (χ3v) is 9.71. The largest absolute Gasteiger partial charge is 0.496 e. The quantitative estimate of drug-likeness (QED) is 0.129. The number of carbonyl (C=O) groups excluding carboxylic acids is 4. The smallest absolute Gasteiger partial charge is 0.307 e. The van der Waals surface area contributed by atoms with Crippen LogP contribution in [0.1, 0.15) is 68.1 Å². The molecule has 0 bridgehead atoms. The van der Waals surface area contributed by atoms with Crippen molar-refractivity contribution in [2.75, 3.05) is 32.8 Å². The van der Waals surface area contributed by atoms with Crippen LogP contribution in [-0.2, 0) is 38.4 Å². The summed E-state index contributed by atoms with van der Waals surface area (Å²) < 4.78 is 21.2. The van der Waals surface area contributed by atoms with Crippen molar-refractivity contribution in [3.05, 3.63) is 100 Å². The van der Waals surface area contributed by atoms with Crippen molar-refractivity contribution in [2.24, 2.45) is 5.92 Å². The van der Waals surface area contributed by atoms with Gasteiger partial charge in [0, 0.05) is 60.2 Å². The predicted octanol–water partition coefficient (Wildman–Crippen LogP) is 5.36. The second kappa shape index (κ2) is 16.2. The molecular formula is C40H42N4O8. The van der Waals surface area contributed by atoms with Crippen molar-refractivity contribution in [2.45, 2.75) is 58.5 Å². The second-order valence-corrected chi connectivity index (χ2v) is 13.1. The summed E-state index contributed by atoms with van der Waals surface area (Å²) in [5.41, 5.74) is 7.32. The number of pyridine rings is 2. The molecule has 6 rings (SSSR count). The normalized spacial score (nSPS) is 16.7. The lowest BCUT2D eigenvalue weighted by Gasteiger charge is -2.17. The van der Waals surface area contributed by atoms with Crippen LogP contribution in [0.25, 0.3) is 11.1 Å². The molecule has 1 amide bonds. The lowest BCUT2D eigenvalue weighted by atomic mass is 9.91. The fourth-order valence-corrected chi connectivity index (χ4v) is 6.59. The fraction of sp³-hybridized carbons (Fsp3) is 0.350. The van der Waals surface area contributed by atoms with Gasteiger partial charge in [0.05, 0.1) is 39.7 Å². The number of benzene rings is 2. The maximum atomic E-state index is 13.5. The molecule has 4 aromatic rings. The first-order chi connectivity index (χ1) is 25.1. The van der Waals surface area contributed by atoms with Gasteiger partial charge in [0.1, 0.15) is 29.5 Å². The number of Topliss-reactive ketones (excluding diaryl/α,β-unsaturated/α-hetero) is 1. The number of ether oxygens (including phenoxy) is 4. The van der Waals surface area contributed by atoms with Crippen molar-refractivity contribution >= 4 is 29.3 Å². The van der Waals surface area contributed by atoms with Crippen LogP contribution in [0.3, 0.4) is 0 Å². The molecule has 0 radical (unpaired) electrons.